The van der Waals surface area contributed by atoms with Gasteiger partial charge in [-0.2, -0.15) is 0 Å². The number of rotatable bonds is 5. The van der Waals surface area contributed by atoms with Crippen molar-refractivity contribution in [2.24, 2.45) is 5.41 Å². The van der Waals surface area contributed by atoms with Gasteiger partial charge in [-0.05, 0) is 17.7 Å². The van der Waals surface area contributed by atoms with Gasteiger partial charge in [-0.25, -0.2) is 4.79 Å². The predicted octanol–water partition coefficient (Wildman–Crippen LogP) is 1.34. The van der Waals surface area contributed by atoms with Crippen molar-refractivity contribution in [2.45, 2.75) is 32.9 Å². The number of amides is 1. The van der Waals surface area contributed by atoms with Crippen molar-refractivity contribution in [2.75, 3.05) is 7.11 Å². The van der Waals surface area contributed by atoms with Gasteiger partial charge < -0.3 is 20.3 Å². The van der Waals surface area contributed by atoms with E-state index in [1.807, 2.05) is 0 Å². The first kappa shape index (κ1) is 17.0. The molecular weight excluding hydrogens is 274 g/mol. The molecule has 0 saturated carbocycles. The zero-order valence-corrected chi connectivity index (χ0v) is 12.6. The quantitative estimate of drug-likeness (QED) is 0.762. The molecule has 2 unspecified atom stereocenters. The first-order valence-corrected chi connectivity index (χ1v) is 6.52. The summed E-state index contributed by atoms with van der Waals surface area (Å²) in [6, 6.07) is 4.93. The Morgan fingerprint density at radius 1 is 1.19 bits per heavy atom. The summed E-state index contributed by atoms with van der Waals surface area (Å²) >= 11 is 0. The van der Waals surface area contributed by atoms with Crippen LogP contribution in [0.25, 0.3) is 0 Å². The van der Waals surface area contributed by atoms with E-state index in [1.54, 1.807) is 45.0 Å². The summed E-state index contributed by atoms with van der Waals surface area (Å²) in [7, 11) is 1.51. The molecule has 0 aliphatic rings. The summed E-state index contributed by atoms with van der Waals surface area (Å²) in [4.78, 5) is 23.2. The van der Waals surface area contributed by atoms with Crippen LogP contribution in [0.5, 0.6) is 5.75 Å². The Kier molecular flexibility index (Phi) is 5.32. The first-order chi connectivity index (χ1) is 9.66. The largest absolute Gasteiger partial charge is 0.497 e. The molecule has 0 radical (unpaired) electrons. The number of benzene rings is 1. The zero-order chi connectivity index (χ0) is 16.2. The van der Waals surface area contributed by atoms with Crippen LogP contribution < -0.4 is 10.1 Å². The maximum Gasteiger partial charge on any atom is 0.329 e. The normalized spacial score (nSPS) is 14.1. The fourth-order valence-corrected chi connectivity index (χ4v) is 1.63. The molecule has 0 aliphatic heterocycles. The number of hydrogen-bond donors (Lipinski definition) is 3. The van der Waals surface area contributed by atoms with E-state index in [9.17, 15) is 19.8 Å². The highest BCUT2D eigenvalue weighted by Crippen LogP contribution is 2.22. The average Bonchev–Trinajstić information content (AvgIpc) is 2.42. The molecule has 1 aromatic rings. The third-order valence-corrected chi connectivity index (χ3v) is 3.01. The molecule has 0 fully saturated rings. The number of aliphatic hydroxyl groups is 1. The second-order valence-electron chi connectivity index (χ2n) is 5.76. The molecule has 0 aliphatic carbocycles. The Balaban J connectivity index is 2.94. The van der Waals surface area contributed by atoms with E-state index in [2.05, 4.69) is 5.32 Å². The van der Waals surface area contributed by atoms with Crippen LogP contribution in [0.3, 0.4) is 0 Å². The standard InChI is InChI=1S/C15H21NO5/c1-15(2,3)14(20)16-11(13(18)19)12(17)9-5-7-10(21-4)8-6-9/h5-8,11-12,17H,1-4H3,(H,16,20)(H,18,19). The lowest BCUT2D eigenvalue weighted by molar-refractivity contribution is -0.146. The highest BCUT2D eigenvalue weighted by molar-refractivity contribution is 5.87. The Hall–Kier alpha value is -2.08. The Morgan fingerprint density at radius 2 is 1.71 bits per heavy atom. The number of aliphatic carboxylic acids is 1. The molecule has 6 heteroatoms. The minimum absolute atomic E-state index is 0.386. The Bertz CT molecular complexity index is 504. The zero-order valence-electron chi connectivity index (χ0n) is 12.6. The van der Waals surface area contributed by atoms with Gasteiger partial charge in [0.25, 0.3) is 0 Å². The van der Waals surface area contributed by atoms with Gasteiger partial charge in [-0.1, -0.05) is 32.9 Å². The molecule has 2 atom stereocenters. The van der Waals surface area contributed by atoms with E-state index >= 15 is 0 Å². The monoisotopic (exact) mass is 295 g/mol. The van der Waals surface area contributed by atoms with Crippen molar-refractivity contribution >= 4 is 11.9 Å². The van der Waals surface area contributed by atoms with Crippen molar-refractivity contribution in [1.82, 2.24) is 5.32 Å². The average molecular weight is 295 g/mol. The number of aliphatic hydroxyl groups excluding tert-OH is 1. The van der Waals surface area contributed by atoms with Crippen molar-refractivity contribution < 1.29 is 24.5 Å². The molecule has 1 aromatic carbocycles. The molecule has 1 rings (SSSR count). The topological polar surface area (TPSA) is 95.9 Å². The first-order valence-electron chi connectivity index (χ1n) is 6.52. The molecule has 0 aromatic heterocycles. The van der Waals surface area contributed by atoms with Crippen LogP contribution in [0, 0.1) is 5.41 Å². The van der Waals surface area contributed by atoms with Gasteiger partial charge in [0.2, 0.25) is 5.91 Å². The van der Waals surface area contributed by atoms with E-state index < -0.39 is 29.4 Å². The fourth-order valence-electron chi connectivity index (χ4n) is 1.63. The third kappa shape index (κ3) is 4.46. The van der Waals surface area contributed by atoms with Gasteiger partial charge in [0.1, 0.15) is 11.9 Å². The van der Waals surface area contributed by atoms with Gasteiger partial charge in [0, 0.05) is 5.41 Å². The minimum Gasteiger partial charge on any atom is -0.497 e. The smallest absolute Gasteiger partial charge is 0.329 e. The predicted molar refractivity (Wildman–Crippen MR) is 77.0 cm³/mol. The number of carboxylic acids is 1. The molecule has 0 heterocycles. The van der Waals surface area contributed by atoms with Crippen LogP contribution in [0.1, 0.15) is 32.4 Å². The number of hydrogen-bond acceptors (Lipinski definition) is 4. The van der Waals surface area contributed by atoms with Crippen molar-refractivity contribution in [1.29, 1.82) is 0 Å². The molecule has 0 bridgehead atoms. The molecule has 21 heavy (non-hydrogen) atoms. The minimum atomic E-state index is -1.41. The lowest BCUT2D eigenvalue weighted by atomic mass is 9.94. The number of nitrogens with one attached hydrogen (secondary N) is 1. The van der Waals surface area contributed by atoms with Crippen LogP contribution >= 0.6 is 0 Å². The Labute approximate surface area is 123 Å². The lowest BCUT2D eigenvalue weighted by Crippen LogP contribution is -2.48. The number of carbonyl (C=O) groups is 2. The molecule has 6 nitrogen and oxygen atoms in total. The number of methoxy groups -OCH3 is 1. The maximum atomic E-state index is 11.9. The highest BCUT2D eigenvalue weighted by Gasteiger charge is 2.33. The number of carboxylic acid groups (broad SMARTS) is 1. The molecule has 0 spiro atoms. The van der Waals surface area contributed by atoms with Crippen molar-refractivity contribution in [3.05, 3.63) is 29.8 Å². The van der Waals surface area contributed by atoms with Crippen LogP contribution in [-0.4, -0.2) is 35.2 Å². The van der Waals surface area contributed by atoms with E-state index in [-0.39, 0.29) is 0 Å². The molecule has 0 saturated heterocycles. The Morgan fingerprint density at radius 3 is 2.10 bits per heavy atom. The summed E-state index contributed by atoms with van der Waals surface area (Å²) in [5.41, 5.74) is -0.356. The maximum absolute atomic E-state index is 11.9. The van der Waals surface area contributed by atoms with Gasteiger partial charge in [0.05, 0.1) is 7.11 Å². The van der Waals surface area contributed by atoms with Gasteiger partial charge in [-0.3, -0.25) is 4.79 Å². The molecular formula is C15H21NO5. The van der Waals surface area contributed by atoms with Crippen LogP contribution in [0.15, 0.2) is 24.3 Å². The van der Waals surface area contributed by atoms with E-state index in [1.165, 1.54) is 7.11 Å². The van der Waals surface area contributed by atoms with Gasteiger partial charge in [0.15, 0.2) is 6.04 Å². The number of ether oxygens (including phenoxy) is 1. The highest BCUT2D eigenvalue weighted by atomic mass is 16.5. The summed E-state index contributed by atoms with van der Waals surface area (Å²) in [6.07, 6.45) is -1.35. The van der Waals surface area contributed by atoms with Crippen molar-refractivity contribution in [3.8, 4) is 5.75 Å². The second kappa shape index (κ2) is 6.58. The van der Waals surface area contributed by atoms with Gasteiger partial charge >= 0.3 is 5.97 Å². The summed E-state index contributed by atoms with van der Waals surface area (Å²) < 4.78 is 5.00. The van der Waals surface area contributed by atoms with Crippen LogP contribution in [0.2, 0.25) is 0 Å². The third-order valence-electron chi connectivity index (χ3n) is 3.01. The lowest BCUT2D eigenvalue weighted by Gasteiger charge is -2.25. The molecule has 116 valence electrons. The van der Waals surface area contributed by atoms with E-state index in [4.69, 9.17) is 4.74 Å². The van der Waals surface area contributed by atoms with E-state index in [0.717, 1.165) is 0 Å². The SMILES string of the molecule is COc1ccc(C(O)C(NC(=O)C(C)(C)C)C(=O)O)cc1. The molecule has 1 amide bonds. The van der Waals surface area contributed by atoms with Crippen LogP contribution in [0.4, 0.5) is 0 Å². The molecule has 3 N–H and O–H groups in total. The van der Waals surface area contributed by atoms with E-state index in [0.29, 0.717) is 11.3 Å². The van der Waals surface area contributed by atoms with Crippen molar-refractivity contribution in [3.63, 3.8) is 0 Å². The summed E-state index contributed by atoms with van der Waals surface area (Å²) in [5.74, 6) is -1.14. The fraction of sp³-hybridized carbons (Fsp3) is 0.467. The van der Waals surface area contributed by atoms with Gasteiger partial charge in [-0.15, -0.1) is 0 Å². The number of carbonyl (C=O) groups excluding carboxylic acids is 1. The van der Waals surface area contributed by atoms with Crippen LogP contribution in [-0.2, 0) is 9.59 Å². The summed E-state index contributed by atoms with van der Waals surface area (Å²) in [6.45, 7) is 5.00. The second-order valence-corrected chi connectivity index (χ2v) is 5.76. The summed E-state index contributed by atoms with van der Waals surface area (Å²) in [5, 5.41) is 21.8.